The van der Waals surface area contributed by atoms with E-state index in [4.69, 9.17) is 9.84 Å². The number of hydrogen-bond acceptors (Lipinski definition) is 4. The lowest BCUT2D eigenvalue weighted by molar-refractivity contribution is -0.131. The number of nitrogens with zero attached hydrogens (tertiary/aromatic N) is 1. The number of hydrogen-bond donors (Lipinski definition) is 2. The molecule has 0 radical (unpaired) electrons. The largest absolute Gasteiger partial charge is 0.507 e. The molecule has 20 heavy (non-hydrogen) atoms. The molecule has 1 aromatic heterocycles. The summed E-state index contributed by atoms with van der Waals surface area (Å²) < 4.78 is 18.2. The highest BCUT2D eigenvalue weighted by molar-refractivity contribution is 5.88. The summed E-state index contributed by atoms with van der Waals surface area (Å²) in [5.74, 6) is -1.85. The second-order valence-corrected chi connectivity index (χ2v) is 3.78. The number of aliphatic hydroxyl groups is 1. The summed E-state index contributed by atoms with van der Waals surface area (Å²) in [4.78, 5) is 14.5. The van der Waals surface area contributed by atoms with Crippen LogP contribution >= 0.6 is 0 Å². The van der Waals surface area contributed by atoms with Gasteiger partial charge in [0.2, 0.25) is 5.88 Å². The van der Waals surface area contributed by atoms with Gasteiger partial charge in [-0.2, -0.15) is 0 Å². The molecular formula is C14H10FNO4. The van der Waals surface area contributed by atoms with E-state index in [0.717, 1.165) is 0 Å². The van der Waals surface area contributed by atoms with Crippen molar-refractivity contribution in [1.29, 1.82) is 0 Å². The fourth-order valence-electron chi connectivity index (χ4n) is 1.48. The fourth-order valence-corrected chi connectivity index (χ4v) is 1.48. The number of rotatable bonds is 4. The van der Waals surface area contributed by atoms with E-state index >= 15 is 0 Å². The molecule has 0 saturated heterocycles. The molecule has 0 aliphatic carbocycles. The van der Waals surface area contributed by atoms with Gasteiger partial charge in [0.25, 0.3) is 0 Å². The van der Waals surface area contributed by atoms with Crippen molar-refractivity contribution >= 4 is 11.7 Å². The molecule has 0 spiro atoms. The molecule has 0 saturated carbocycles. The van der Waals surface area contributed by atoms with Gasteiger partial charge in [-0.1, -0.05) is 0 Å². The Bertz CT molecular complexity index is 652. The second-order valence-electron chi connectivity index (χ2n) is 3.78. The van der Waals surface area contributed by atoms with Crippen molar-refractivity contribution in [2.75, 3.05) is 0 Å². The predicted octanol–water partition coefficient (Wildman–Crippen LogP) is 3.00. The van der Waals surface area contributed by atoms with Crippen LogP contribution in [0, 0.1) is 5.82 Å². The Morgan fingerprint density at radius 1 is 1.20 bits per heavy atom. The molecule has 0 bridgehead atoms. The van der Waals surface area contributed by atoms with Crippen molar-refractivity contribution in [3.05, 3.63) is 60.1 Å². The number of aliphatic carboxylic acids is 1. The molecule has 6 heteroatoms. The number of aliphatic hydroxyl groups excluding tert-OH is 1. The molecule has 0 unspecified atom stereocenters. The minimum atomic E-state index is -1.29. The lowest BCUT2D eigenvalue weighted by Gasteiger charge is -2.08. The zero-order chi connectivity index (χ0) is 14.5. The minimum absolute atomic E-state index is 0.0223. The molecular weight excluding hydrogens is 265 g/mol. The van der Waals surface area contributed by atoms with Gasteiger partial charge in [-0.15, -0.1) is 0 Å². The lowest BCUT2D eigenvalue weighted by Crippen LogP contribution is -1.97. The van der Waals surface area contributed by atoms with Crippen molar-refractivity contribution in [3.8, 4) is 11.6 Å². The van der Waals surface area contributed by atoms with Crippen LogP contribution in [0.25, 0.3) is 5.76 Å². The number of pyridine rings is 1. The average Bonchev–Trinajstić information content (AvgIpc) is 2.41. The van der Waals surface area contributed by atoms with Crippen molar-refractivity contribution in [2.45, 2.75) is 0 Å². The summed E-state index contributed by atoms with van der Waals surface area (Å²) in [5.41, 5.74) is 0.124. The van der Waals surface area contributed by atoms with Crippen LogP contribution in [0.4, 0.5) is 4.39 Å². The van der Waals surface area contributed by atoms with Gasteiger partial charge in [0.1, 0.15) is 17.3 Å². The number of carboxylic acid groups (broad SMARTS) is 1. The topological polar surface area (TPSA) is 79.7 Å². The van der Waals surface area contributed by atoms with E-state index in [1.54, 1.807) is 0 Å². The van der Waals surface area contributed by atoms with Gasteiger partial charge in [0, 0.05) is 6.20 Å². The average molecular weight is 275 g/mol. The number of ether oxygens (including phenoxy) is 1. The quantitative estimate of drug-likeness (QED) is 0.662. The van der Waals surface area contributed by atoms with Gasteiger partial charge in [-0.25, -0.2) is 14.2 Å². The van der Waals surface area contributed by atoms with E-state index in [-0.39, 0.29) is 11.4 Å². The predicted molar refractivity (Wildman–Crippen MR) is 69.0 cm³/mol. The molecule has 1 aromatic carbocycles. The molecule has 1 heterocycles. The Balaban J connectivity index is 2.33. The SMILES string of the molecule is O=C(O)C=C(O)c1cccnc1Oc1ccc(F)cc1. The van der Waals surface area contributed by atoms with E-state index < -0.39 is 17.5 Å². The number of carboxylic acids is 1. The molecule has 102 valence electrons. The third-order valence-electron chi connectivity index (χ3n) is 2.34. The number of carbonyl (C=O) groups is 1. The van der Waals surface area contributed by atoms with Crippen LogP contribution in [0.1, 0.15) is 5.56 Å². The molecule has 2 rings (SSSR count). The van der Waals surface area contributed by atoms with Gasteiger partial charge in [0.15, 0.2) is 0 Å². The van der Waals surface area contributed by atoms with Gasteiger partial charge in [-0.05, 0) is 36.4 Å². The first-order valence-corrected chi connectivity index (χ1v) is 5.58. The van der Waals surface area contributed by atoms with Crippen LogP contribution < -0.4 is 4.74 Å². The van der Waals surface area contributed by atoms with Gasteiger partial charge in [0.05, 0.1) is 11.6 Å². The van der Waals surface area contributed by atoms with Crippen molar-refractivity contribution in [2.24, 2.45) is 0 Å². The van der Waals surface area contributed by atoms with Gasteiger partial charge in [-0.3, -0.25) is 0 Å². The maximum Gasteiger partial charge on any atom is 0.332 e. The number of benzene rings is 1. The highest BCUT2D eigenvalue weighted by atomic mass is 19.1. The van der Waals surface area contributed by atoms with Gasteiger partial charge >= 0.3 is 5.97 Å². The molecule has 2 aromatic rings. The Kier molecular flexibility index (Phi) is 3.95. The Morgan fingerprint density at radius 2 is 1.90 bits per heavy atom. The first kappa shape index (κ1) is 13.5. The minimum Gasteiger partial charge on any atom is -0.507 e. The normalized spacial score (nSPS) is 11.2. The zero-order valence-corrected chi connectivity index (χ0v) is 10.2. The van der Waals surface area contributed by atoms with E-state index in [0.29, 0.717) is 11.8 Å². The Hall–Kier alpha value is -2.89. The summed E-state index contributed by atoms with van der Waals surface area (Å²) in [6, 6.07) is 8.20. The summed E-state index contributed by atoms with van der Waals surface area (Å²) in [5, 5.41) is 18.3. The van der Waals surface area contributed by atoms with E-state index in [2.05, 4.69) is 4.98 Å². The maximum atomic E-state index is 12.8. The highest BCUT2D eigenvalue weighted by Gasteiger charge is 2.11. The monoisotopic (exact) mass is 275 g/mol. The van der Waals surface area contributed by atoms with Crippen molar-refractivity contribution in [3.63, 3.8) is 0 Å². The van der Waals surface area contributed by atoms with Crippen molar-refractivity contribution < 1.29 is 24.1 Å². The van der Waals surface area contributed by atoms with E-state index in [1.165, 1.54) is 42.6 Å². The maximum absolute atomic E-state index is 12.8. The molecule has 2 N–H and O–H groups in total. The summed E-state index contributed by atoms with van der Waals surface area (Å²) >= 11 is 0. The summed E-state index contributed by atoms with van der Waals surface area (Å²) in [6.45, 7) is 0. The second kappa shape index (κ2) is 5.83. The first-order chi connectivity index (χ1) is 9.56. The molecule has 0 fully saturated rings. The van der Waals surface area contributed by atoms with Crippen molar-refractivity contribution in [1.82, 2.24) is 4.98 Å². The van der Waals surface area contributed by atoms with Crippen LogP contribution in [0.5, 0.6) is 11.6 Å². The summed E-state index contributed by atoms with van der Waals surface area (Å²) in [6.07, 6.45) is 2.06. The molecule has 5 nitrogen and oxygen atoms in total. The van der Waals surface area contributed by atoms with Crippen LogP contribution in [0.15, 0.2) is 48.7 Å². The Labute approximate surface area is 113 Å². The fraction of sp³-hybridized carbons (Fsp3) is 0. The third kappa shape index (κ3) is 3.32. The first-order valence-electron chi connectivity index (χ1n) is 5.58. The van der Waals surface area contributed by atoms with Crippen LogP contribution in [0.2, 0.25) is 0 Å². The molecule has 0 aliphatic rings. The molecule has 0 aliphatic heterocycles. The number of aromatic nitrogens is 1. The van der Waals surface area contributed by atoms with E-state index in [1.807, 2.05) is 0 Å². The summed E-state index contributed by atoms with van der Waals surface area (Å²) in [7, 11) is 0. The van der Waals surface area contributed by atoms with Crippen LogP contribution in [0.3, 0.4) is 0 Å². The Morgan fingerprint density at radius 3 is 2.55 bits per heavy atom. The standard InChI is InChI=1S/C14H10FNO4/c15-9-3-5-10(6-4-9)20-14-11(2-1-7-16-14)12(17)8-13(18)19/h1-8,17H,(H,18,19). The van der Waals surface area contributed by atoms with Gasteiger partial charge < -0.3 is 14.9 Å². The highest BCUT2D eigenvalue weighted by Crippen LogP contribution is 2.26. The lowest BCUT2D eigenvalue weighted by atomic mass is 10.2. The van der Waals surface area contributed by atoms with Crippen LogP contribution in [-0.4, -0.2) is 21.2 Å². The smallest absolute Gasteiger partial charge is 0.332 e. The van der Waals surface area contributed by atoms with E-state index in [9.17, 15) is 14.3 Å². The van der Waals surface area contributed by atoms with Crippen LogP contribution in [-0.2, 0) is 4.79 Å². The molecule has 0 amide bonds. The third-order valence-corrected chi connectivity index (χ3v) is 2.34. The molecule has 0 atom stereocenters. The zero-order valence-electron chi connectivity index (χ0n) is 10.2. The number of halogens is 1.